The molecule has 2 aromatic rings. The first-order chi connectivity index (χ1) is 8.97. The fourth-order valence-corrected chi connectivity index (χ4v) is 2.37. The van der Waals surface area contributed by atoms with Gasteiger partial charge in [-0.25, -0.2) is 0 Å². The maximum atomic E-state index is 12.4. The van der Waals surface area contributed by atoms with E-state index in [-0.39, 0.29) is 18.2 Å². The van der Waals surface area contributed by atoms with Crippen molar-refractivity contribution in [3.8, 4) is 0 Å². The molecule has 3 nitrogen and oxygen atoms in total. The smallest absolute Gasteiger partial charge is 0.260 e. The molecule has 19 heavy (non-hydrogen) atoms. The van der Waals surface area contributed by atoms with E-state index >= 15 is 0 Å². The molecule has 0 aromatic heterocycles. The Morgan fingerprint density at radius 3 is 2.47 bits per heavy atom. The van der Waals surface area contributed by atoms with Crippen LogP contribution in [0.2, 0.25) is 0 Å². The highest BCUT2D eigenvalue weighted by Crippen LogP contribution is 2.37. The van der Waals surface area contributed by atoms with Crippen LogP contribution in [0.5, 0.6) is 0 Å². The van der Waals surface area contributed by atoms with Crippen LogP contribution in [-0.4, -0.2) is 18.2 Å². The van der Waals surface area contributed by atoms with Crippen LogP contribution in [0.15, 0.2) is 36.4 Å². The lowest BCUT2D eigenvalue weighted by molar-refractivity contribution is -0.00109. The van der Waals surface area contributed by atoms with Gasteiger partial charge in [0.1, 0.15) is 6.73 Å². The van der Waals surface area contributed by atoms with Crippen LogP contribution in [0.4, 0.5) is 5.69 Å². The Hall–Kier alpha value is -1.87. The molecule has 0 aliphatic carbocycles. The first kappa shape index (κ1) is 12.2. The minimum absolute atomic E-state index is 0.0241. The van der Waals surface area contributed by atoms with E-state index in [0.717, 1.165) is 22.0 Å². The average molecular weight is 255 g/mol. The van der Waals surface area contributed by atoms with Gasteiger partial charge in [-0.15, -0.1) is 0 Å². The zero-order chi connectivity index (χ0) is 13.6. The van der Waals surface area contributed by atoms with Gasteiger partial charge >= 0.3 is 0 Å². The van der Waals surface area contributed by atoms with Gasteiger partial charge in [0.25, 0.3) is 5.91 Å². The molecule has 0 bridgehead atoms. The largest absolute Gasteiger partial charge is 0.355 e. The lowest BCUT2D eigenvalue weighted by Crippen LogP contribution is -2.34. The summed E-state index contributed by atoms with van der Waals surface area (Å²) in [6.45, 7) is 6.25. The number of nitrogens with zero attached hydrogens (tertiary/aromatic N) is 1. The summed E-state index contributed by atoms with van der Waals surface area (Å²) >= 11 is 0. The molecule has 1 amide bonds. The molecule has 0 radical (unpaired) electrons. The standard InChI is InChI=1S/C16H17NO2/c1-16(2,3)19-10-17-13-9-5-7-11-6-4-8-12(14(11)13)15(17)18/h4-9H,10H2,1-3H3. The van der Waals surface area contributed by atoms with E-state index in [2.05, 4.69) is 0 Å². The van der Waals surface area contributed by atoms with Crippen LogP contribution in [0.3, 0.4) is 0 Å². The third-order valence-electron chi connectivity index (χ3n) is 3.28. The highest BCUT2D eigenvalue weighted by molar-refractivity contribution is 6.24. The van der Waals surface area contributed by atoms with Crippen LogP contribution >= 0.6 is 0 Å². The fourth-order valence-electron chi connectivity index (χ4n) is 2.37. The molecular weight excluding hydrogens is 238 g/mol. The second-order valence-corrected chi connectivity index (χ2v) is 5.80. The average Bonchev–Trinajstić information content (AvgIpc) is 2.62. The highest BCUT2D eigenvalue weighted by Gasteiger charge is 2.30. The van der Waals surface area contributed by atoms with Crippen molar-refractivity contribution in [2.75, 3.05) is 11.6 Å². The summed E-state index contributed by atoms with van der Waals surface area (Å²) in [6.07, 6.45) is 0. The normalized spacial score (nSPS) is 14.5. The predicted molar refractivity (Wildman–Crippen MR) is 76.5 cm³/mol. The zero-order valence-electron chi connectivity index (χ0n) is 11.4. The number of rotatable bonds is 2. The molecule has 98 valence electrons. The number of hydrogen-bond donors (Lipinski definition) is 0. The van der Waals surface area contributed by atoms with Crippen molar-refractivity contribution in [3.63, 3.8) is 0 Å². The second-order valence-electron chi connectivity index (χ2n) is 5.80. The Morgan fingerprint density at radius 2 is 1.79 bits per heavy atom. The van der Waals surface area contributed by atoms with E-state index in [9.17, 15) is 4.79 Å². The molecule has 0 fully saturated rings. The van der Waals surface area contributed by atoms with Gasteiger partial charge in [0.15, 0.2) is 0 Å². The van der Waals surface area contributed by atoms with E-state index in [1.54, 1.807) is 4.90 Å². The summed E-state index contributed by atoms with van der Waals surface area (Å²) in [7, 11) is 0. The Labute approximate surface area is 112 Å². The van der Waals surface area contributed by atoms with Crippen molar-refractivity contribution in [1.29, 1.82) is 0 Å². The minimum atomic E-state index is -0.261. The molecular formula is C16H17NO2. The van der Waals surface area contributed by atoms with Crippen LogP contribution in [0.25, 0.3) is 10.8 Å². The molecule has 0 N–H and O–H groups in total. The predicted octanol–water partition coefficient (Wildman–Crippen LogP) is 3.57. The number of anilines is 1. The van der Waals surface area contributed by atoms with Crippen LogP contribution in [0, 0.1) is 0 Å². The summed E-state index contributed by atoms with van der Waals surface area (Å²) in [5, 5.41) is 2.13. The van der Waals surface area contributed by atoms with Crippen molar-refractivity contribution in [1.82, 2.24) is 0 Å². The van der Waals surface area contributed by atoms with Crippen molar-refractivity contribution in [3.05, 3.63) is 42.0 Å². The van der Waals surface area contributed by atoms with E-state index < -0.39 is 0 Å². The molecule has 0 saturated heterocycles. The molecule has 3 rings (SSSR count). The fraction of sp³-hybridized carbons (Fsp3) is 0.312. The monoisotopic (exact) mass is 255 g/mol. The summed E-state index contributed by atoms with van der Waals surface area (Å²) in [6, 6.07) is 11.8. The maximum Gasteiger partial charge on any atom is 0.260 e. The molecule has 3 heteroatoms. The maximum absolute atomic E-state index is 12.4. The Bertz CT molecular complexity index is 650. The summed E-state index contributed by atoms with van der Waals surface area (Å²) in [5.74, 6) is 0.0241. The van der Waals surface area contributed by atoms with E-state index in [0.29, 0.717) is 0 Å². The first-order valence-electron chi connectivity index (χ1n) is 6.45. The second kappa shape index (κ2) is 4.07. The Kier molecular flexibility index (Phi) is 2.61. The number of ether oxygens (including phenoxy) is 1. The van der Waals surface area contributed by atoms with Gasteiger partial charge in [0.2, 0.25) is 0 Å². The van der Waals surface area contributed by atoms with Gasteiger partial charge < -0.3 is 4.74 Å². The lowest BCUT2D eigenvalue weighted by atomic mass is 10.1. The van der Waals surface area contributed by atoms with Gasteiger partial charge in [-0.05, 0) is 38.3 Å². The lowest BCUT2D eigenvalue weighted by Gasteiger charge is -2.25. The van der Waals surface area contributed by atoms with Crippen LogP contribution in [-0.2, 0) is 4.74 Å². The van der Waals surface area contributed by atoms with Crippen molar-refractivity contribution < 1.29 is 9.53 Å². The molecule has 1 aliphatic rings. The number of carbonyl (C=O) groups is 1. The molecule has 0 atom stereocenters. The number of hydrogen-bond acceptors (Lipinski definition) is 2. The number of benzene rings is 2. The third kappa shape index (κ3) is 2.00. The first-order valence-corrected chi connectivity index (χ1v) is 6.45. The third-order valence-corrected chi connectivity index (χ3v) is 3.28. The van der Waals surface area contributed by atoms with Crippen LogP contribution < -0.4 is 4.90 Å². The van der Waals surface area contributed by atoms with Gasteiger partial charge in [-0.1, -0.05) is 24.3 Å². The Morgan fingerprint density at radius 1 is 1.11 bits per heavy atom. The molecule has 1 heterocycles. The zero-order valence-corrected chi connectivity index (χ0v) is 11.4. The van der Waals surface area contributed by atoms with Crippen molar-refractivity contribution in [2.24, 2.45) is 0 Å². The van der Waals surface area contributed by atoms with Gasteiger partial charge in [0, 0.05) is 10.9 Å². The number of carbonyl (C=O) groups excluding carboxylic acids is 1. The van der Waals surface area contributed by atoms with Crippen LogP contribution in [0.1, 0.15) is 31.1 Å². The van der Waals surface area contributed by atoms with Gasteiger partial charge in [-0.3, -0.25) is 9.69 Å². The van der Waals surface area contributed by atoms with Gasteiger partial charge in [0.05, 0.1) is 11.3 Å². The molecule has 1 aliphatic heterocycles. The minimum Gasteiger partial charge on any atom is -0.355 e. The van der Waals surface area contributed by atoms with Crippen molar-refractivity contribution in [2.45, 2.75) is 26.4 Å². The van der Waals surface area contributed by atoms with E-state index in [1.165, 1.54) is 0 Å². The quantitative estimate of drug-likeness (QED) is 0.821. The topological polar surface area (TPSA) is 29.5 Å². The molecule has 2 aromatic carbocycles. The summed E-state index contributed by atoms with van der Waals surface area (Å²) in [5.41, 5.74) is 1.45. The highest BCUT2D eigenvalue weighted by atomic mass is 16.5. The van der Waals surface area contributed by atoms with Gasteiger partial charge in [-0.2, -0.15) is 0 Å². The molecule has 0 saturated carbocycles. The van der Waals surface area contributed by atoms with Crippen molar-refractivity contribution >= 4 is 22.4 Å². The summed E-state index contributed by atoms with van der Waals surface area (Å²) < 4.78 is 5.75. The SMILES string of the molecule is CC(C)(C)OCN1C(=O)c2cccc3cccc1c23. The summed E-state index contributed by atoms with van der Waals surface area (Å²) in [4.78, 5) is 14.2. The van der Waals surface area contributed by atoms with E-state index in [1.807, 2.05) is 57.2 Å². The molecule has 0 spiro atoms. The Balaban J connectivity index is 2.03. The number of amides is 1. The molecule has 0 unspecified atom stereocenters. The van der Waals surface area contributed by atoms with E-state index in [4.69, 9.17) is 4.74 Å².